The van der Waals surface area contributed by atoms with E-state index in [1.165, 1.54) is 6.33 Å². The SMILES string of the molecule is [C-]#[N+]c1ccc(N2CCc3c(Cl)ncnc3C2)cc1Cl. The zero-order valence-corrected chi connectivity index (χ0v) is 12.0. The number of aromatic nitrogens is 2. The molecule has 1 aromatic carbocycles. The fourth-order valence-electron chi connectivity index (χ4n) is 2.32. The molecule has 0 fully saturated rings. The van der Waals surface area contributed by atoms with E-state index >= 15 is 0 Å². The largest absolute Gasteiger partial charge is 0.365 e. The molecule has 0 spiro atoms. The summed E-state index contributed by atoms with van der Waals surface area (Å²) in [6.07, 6.45) is 2.29. The minimum absolute atomic E-state index is 0.471. The first-order valence-electron chi connectivity index (χ1n) is 6.09. The molecule has 0 atom stereocenters. The van der Waals surface area contributed by atoms with Gasteiger partial charge in [0.2, 0.25) is 5.69 Å². The summed E-state index contributed by atoms with van der Waals surface area (Å²) in [5.74, 6) is 0. The Morgan fingerprint density at radius 1 is 1.25 bits per heavy atom. The molecule has 4 nitrogen and oxygen atoms in total. The Kier molecular flexibility index (Phi) is 3.47. The average molecular weight is 305 g/mol. The van der Waals surface area contributed by atoms with Crippen LogP contribution in [0.1, 0.15) is 11.3 Å². The van der Waals surface area contributed by atoms with E-state index in [9.17, 15) is 0 Å². The van der Waals surface area contributed by atoms with E-state index in [0.29, 0.717) is 22.4 Å². The fourth-order valence-corrected chi connectivity index (χ4v) is 2.78. The molecule has 0 N–H and O–H groups in total. The van der Waals surface area contributed by atoms with Crippen LogP contribution in [0.5, 0.6) is 0 Å². The first-order valence-corrected chi connectivity index (χ1v) is 6.85. The Labute approximate surface area is 126 Å². The number of fused-ring (bicyclic) bond motifs is 1. The van der Waals surface area contributed by atoms with Gasteiger partial charge in [-0.15, -0.1) is 0 Å². The van der Waals surface area contributed by atoms with Gasteiger partial charge in [0.15, 0.2) is 0 Å². The number of nitrogens with zero attached hydrogens (tertiary/aromatic N) is 4. The van der Waals surface area contributed by atoms with Gasteiger partial charge >= 0.3 is 0 Å². The van der Waals surface area contributed by atoms with Crippen molar-refractivity contribution in [1.82, 2.24) is 9.97 Å². The predicted octanol–water partition coefficient (Wildman–Crippen LogP) is 3.90. The number of benzene rings is 1. The molecule has 0 saturated heterocycles. The third kappa shape index (κ3) is 2.31. The van der Waals surface area contributed by atoms with Gasteiger partial charge in [-0.3, -0.25) is 0 Å². The number of hydrogen-bond donors (Lipinski definition) is 0. The zero-order valence-electron chi connectivity index (χ0n) is 10.5. The van der Waals surface area contributed by atoms with Crippen molar-refractivity contribution in [3.05, 3.63) is 57.4 Å². The minimum Gasteiger partial charge on any atom is -0.365 e. The second-order valence-corrected chi connectivity index (χ2v) is 5.27. The van der Waals surface area contributed by atoms with Crippen LogP contribution in [0.2, 0.25) is 10.2 Å². The van der Waals surface area contributed by atoms with Crippen LogP contribution in [0.3, 0.4) is 0 Å². The van der Waals surface area contributed by atoms with Gasteiger partial charge in [0.05, 0.1) is 18.8 Å². The summed E-state index contributed by atoms with van der Waals surface area (Å²) < 4.78 is 0. The Bertz CT molecular complexity index is 709. The van der Waals surface area contributed by atoms with E-state index in [-0.39, 0.29) is 0 Å². The smallest absolute Gasteiger partial charge is 0.205 e. The molecular formula is C14H10Cl2N4. The highest BCUT2D eigenvalue weighted by atomic mass is 35.5. The molecule has 1 aliphatic heterocycles. The second kappa shape index (κ2) is 5.28. The third-order valence-corrected chi connectivity index (χ3v) is 4.00. The van der Waals surface area contributed by atoms with Crippen molar-refractivity contribution < 1.29 is 0 Å². The Hall–Kier alpha value is -1.83. The van der Waals surface area contributed by atoms with Gasteiger partial charge < -0.3 is 4.90 Å². The second-order valence-electron chi connectivity index (χ2n) is 4.51. The third-order valence-electron chi connectivity index (χ3n) is 3.37. The zero-order chi connectivity index (χ0) is 14.1. The maximum Gasteiger partial charge on any atom is 0.205 e. The van der Waals surface area contributed by atoms with Crippen LogP contribution >= 0.6 is 23.2 Å². The van der Waals surface area contributed by atoms with Gasteiger partial charge in [0, 0.05) is 22.8 Å². The lowest BCUT2D eigenvalue weighted by molar-refractivity contribution is 0.704. The lowest BCUT2D eigenvalue weighted by Gasteiger charge is -2.30. The van der Waals surface area contributed by atoms with Crippen molar-refractivity contribution in [2.45, 2.75) is 13.0 Å². The number of anilines is 1. The van der Waals surface area contributed by atoms with Gasteiger partial charge in [0.25, 0.3) is 0 Å². The lowest BCUT2D eigenvalue weighted by atomic mass is 10.1. The lowest BCUT2D eigenvalue weighted by Crippen LogP contribution is -2.31. The first kappa shape index (κ1) is 13.2. The molecule has 0 saturated carbocycles. The van der Waals surface area contributed by atoms with E-state index in [1.807, 2.05) is 12.1 Å². The summed E-state index contributed by atoms with van der Waals surface area (Å²) in [5.41, 5.74) is 3.43. The number of rotatable bonds is 1. The quantitative estimate of drug-likeness (QED) is 0.592. The molecule has 0 amide bonds. The average Bonchev–Trinajstić information content (AvgIpc) is 2.47. The normalized spacial score (nSPS) is 13.8. The summed E-state index contributed by atoms with van der Waals surface area (Å²) in [6, 6.07) is 5.48. The highest BCUT2D eigenvalue weighted by molar-refractivity contribution is 6.33. The maximum atomic E-state index is 7.02. The van der Waals surface area contributed by atoms with Crippen LogP contribution in [-0.2, 0) is 13.0 Å². The fraction of sp³-hybridized carbons (Fsp3) is 0.214. The molecule has 0 radical (unpaired) electrons. The van der Waals surface area contributed by atoms with E-state index in [1.54, 1.807) is 6.07 Å². The summed E-state index contributed by atoms with van der Waals surface area (Å²) >= 11 is 12.2. The molecule has 1 aromatic heterocycles. The van der Waals surface area contributed by atoms with Gasteiger partial charge in [-0.25, -0.2) is 14.8 Å². The van der Waals surface area contributed by atoms with Crippen LogP contribution in [0.4, 0.5) is 11.4 Å². The molecule has 2 aromatic rings. The van der Waals surface area contributed by atoms with Crippen LogP contribution in [0.25, 0.3) is 4.85 Å². The Morgan fingerprint density at radius 2 is 2.10 bits per heavy atom. The van der Waals surface area contributed by atoms with E-state index in [0.717, 1.165) is 29.9 Å². The molecular weight excluding hydrogens is 295 g/mol. The molecule has 0 unspecified atom stereocenters. The molecule has 1 aliphatic rings. The van der Waals surface area contributed by atoms with Gasteiger partial charge in [-0.05, 0) is 18.6 Å². The van der Waals surface area contributed by atoms with E-state index in [4.69, 9.17) is 29.8 Å². The minimum atomic E-state index is 0.471. The summed E-state index contributed by atoms with van der Waals surface area (Å²) in [6.45, 7) is 8.51. The van der Waals surface area contributed by atoms with Crippen LogP contribution in [0.15, 0.2) is 24.5 Å². The van der Waals surface area contributed by atoms with Crippen LogP contribution in [0, 0.1) is 6.57 Å². The van der Waals surface area contributed by atoms with Crippen molar-refractivity contribution in [2.75, 3.05) is 11.4 Å². The predicted molar refractivity (Wildman–Crippen MR) is 79.5 cm³/mol. The maximum absolute atomic E-state index is 7.02. The van der Waals surface area contributed by atoms with Crippen molar-refractivity contribution in [3.8, 4) is 0 Å². The van der Waals surface area contributed by atoms with Gasteiger partial charge in [-0.1, -0.05) is 29.3 Å². The molecule has 0 aliphatic carbocycles. The highest BCUT2D eigenvalue weighted by Crippen LogP contribution is 2.32. The van der Waals surface area contributed by atoms with Crippen molar-refractivity contribution >= 4 is 34.6 Å². The van der Waals surface area contributed by atoms with Gasteiger partial charge in [-0.2, -0.15) is 0 Å². The van der Waals surface area contributed by atoms with Crippen LogP contribution < -0.4 is 4.90 Å². The van der Waals surface area contributed by atoms with Crippen LogP contribution in [-0.4, -0.2) is 16.5 Å². The molecule has 0 bridgehead atoms. The Balaban J connectivity index is 1.91. The van der Waals surface area contributed by atoms with E-state index in [2.05, 4.69) is 19.7 Å². The standard InChI is InChI=1S/C14H10Cl2N4/c1-17-12-3-2-9(6-11(12)15)20-5-4-10-13(7-20)18-8-19-14(10)16/h2-3,6,8H,4-5,7H2. The molecule has 3 rings (SSSR count). The van der Waals surface area contributed by atoms with Crippen molar-refractivity contribution in [1.29, 1.82) is 0 Å². The highest BCUT2D eigenvalue weighted by Gasteiger charge is 2.20. The summed E-state index contributed by atoms with van der Waals surface area (Å²) in [4.78, 5) is 13.8. The topological polar surface area (TPSA) is 33.4 Å². The van der Waals surface area contributed by atoms with Crippen molar-refractivity contribution in [3.63, 3.8) is 0 Å². The molecule has 2 heterocycles. The monoisotopic (exact) mass is 304 g/mol. The molecule has 20 heavy (non-hydrogen) atoms. The first-order chi connectivity index (χ1) is 9.69. The van der Waals surface area contributed by atoms with Gasteiger partial charge in [0.1, 0.15) is 11.5 Å². The number of halogens is 2. The molecule has 100 valence electrons. The summed E-state index contributed by atoms with van der Waals surface area (Å²) in [7, 11) is 0. The van der Waals surface area contributed by atoms with Crippen molar-refractivity contribution in [2.24, 2.45) is 0 Å². The Morgan fingerprint density at radius 3 is 2.85 bits per heavy atom. The summed E-state index contributed by atoms with van der Waals surface area (Å²) in [5, 5.41) is 1.01. The number of hydrogen-bond acceptors (Lipinski definition) is 3. The molecule has 6 heteroatoms. The van der Waals surface area contributed by atoms with E-state index < -0.39 is 0 Å².